The summed E-state index contributed by atoms with van der Waals surface area (Å²) in [6.07, 6.45) is -2.92. The van der Waals surface area contributed by atoms with E-state index in [1.54, 1.807) is 19.0 Å². The third-order valence-corrected chi connectivity index (χ3v) is 4.61. The van der Waals surface area contributed by atoms with E-state index in [0.717, 1.165) is 12.1 Å². The van der Waals surface area contributed by atoms with E-state index in [4.69, 9.17) is 4.74 Å². The Bertz CT molecular complexity index is 1140. The van der Waals surface area contributed by atoms with Crippen LogP contribution in [0.5, 0.6) is 5.88 Å². The van der Waals surface area contributed by atoms with Gasteiger partial charge in [0.2, 0.25) is 5.88 Å². The Morgan fingerprint density at radius 2 is 1.82 bits per heavy atom. The third kappa shape index (κ3) is 6.04. The molecular weight excluding hydrogens is 442 g/mol. The summed E-state index contributed by atoms with van der Waals surface area (Å²) in [7, 11) is 3.41. The smallest absolute Gasteiger partial charge is 0.283 e. The molecule has 0 aliphatic carbocycles. The minimum atomic E-state index is -2.72. The number of hydrogen-bond donors (Lipinski definition) is 0. The number of alkyl halides is 2. The molecule has 0 saturated heterocycles. The van der Waals surface area contributed by atoms with Gasteiger partial charge in [-0.15, -0.1) is 0 Å². The zero-order valence-corrected chi connectivity index (χ0v) is 17.8. The summed E-state index contributed by atoms with van der Waals surface area (Å²) in [6, 6.07) is 12.1. The molecule has 0 aliphatic heterocycles. The maximum Gasteiger partial charge on any atom is 0.283 e. The number of aromatic nitrogens is 1. The second-order valence-electron chi connectivity index (χ2n) is 7.47. The van der Waals surface area contributed by atoms with Crippen molar-refractivity contribution in [2.75, 3.05) is 20.7 Å². The standard InChI is InChI=1S/C23H20F4N3O3/c1-29(2)12-15-9-14(10-16-18(24)5-3-6-19(16)25)11-17(23(15)30(31)32)20-7-4-8-22(28-20)33-13-21(26)27/h3-8,11,21H,10,12-13H2,1-2H3. The molecule has 33 heavy (non-hydrogen) atoms. The van der Waals surface area contributed by atoms with Crippen molar-refractivity contribution in [2.24, 2.45) is 0 Å². The Morgan fingerprint density at radius 1 is 1.15 bits per heavy atom. The van der Waals surface area contributed by atoms with E-state index in [1.807, 2.05) is 0 Å². The number of halogens is 4. The van der Waals surface area contributed by atoms with Gasteiger partial charge in [-0.05, 0) is 50.0 Å². The number of pyridine rings is 1. The minimum absolute atomic E-state index is 0.0600. The molecule has 1 aromatic heterocycles. The Labute approximate surface area is 187 Å². The summed E-state index contributed by atoms with van der Waals surface area (Å²) in [5.41, 5.74) is 0.154. The van der Waals surface area contributed by atoms with Crippen LogP contribution < -0.4 is 4.74 Å². The molecule has 10 heteroatoms. The van der Waals surface area contributed by atoms with E-state index in [0.29, 0.717) is 5.56 Å². The molecule has 173 valence electrons. The monoisotopic (exact) mass is 462 g/mol. The SMILES string of the molecule is CN(C)Cc1[c]c(Cc2c(F)cccc2F)cc(-c2cccc(OCC(F)F)n2)c1[N+](=O)[O-]. The summed E-state index contributed by atoms with van der Waals surface area (Å²) in [5, 5.41) is 12.0. The second kappa shape index (κ2) is 10.4. The maximum atomic E-state index is 14.2. The summed E-state index contributed by atoms with van der Waals surface area (Å²) >= 11 is 0. The van der Waals surface area contributed by atoms with Crippen molar-refractivity contribution in [2.45, 2.75) is 19.4 Å². The first-order valence-electron chi connectivity index (χ1n) is 9.84. The van der Waals surface area contributed by atoms with Crippen molar-refractivity contribution >= 4 is 5.69 Å². The molecule has 6 nitrogen and oxygen atoms in total. The van der Waals surface area contributed by atoms with Crippen molar-refractivity contribution in [3.05, 3.63) is 87.0 Å². The summed E-state index contributed by atoms with van der Waals surface area (Å²) in [4.78, 5) is 17.2. The Hall–Kier alpha value is -3.53. The normalized spacial score (nSPS) is 11.3. The van der Waals surface area contributed by atoms with E-state index >= 15 is 0 Å². The van der Waals surface area contributed by atoms with Gasteiger partial charge in [0.15, 0.2) is 6.61 Å². The number of nitrogens with zero attached hydrogens (tertiary/aromatic N) is 3. The molecule has 0 fully saturated rings. The summed E-state index contributed by atoms with van der Waals surface area (Å²) < 4.78 is 58.4. The van der Waals surface area contributed by atoms with E-state index in [1.165, 1.54) is 30.3 Å². The molecule has 1 radical (unpaired) electrons. The van der Waals surface area contributed by atoms with E-state index < -0.39 is 29.6 Å². The minimum Gasteiger partial charge on any atom is -0.472 e. The highest BCUT2D eigenvalue weighted by Gasteiger charge is 2.25. The molecule has 0 N–H and O–H groups in total. The largest absolute Gasteiger partial charge is 0.472 e. The third-order valence-electron chi connectivity index (χ3n) is 4.61. The van der Waals surface area contributed by atoms with Gasteiger partial charge in [-0.2, -0.15) is 0 Å². The second-order valence-corrected chi connectivity index (χ2v) is 7.47. The molecule has 0 amide bonds. The van der Waals surface area contributed by atoms with Crippen LogP contribution in [-0.4, -0.2) is 41.9 Å². The Balaban J connectivity index is 2.16. The molecule has 0 atom stereocenters. The van der Waals surface area contributed by atoms with Gasteiger partial charge in [0, 0.05) is 24.6 Å². The van der Waals surface area contributed by atoms with Gasteiger partial charge in [-0.3, -0.25) is 10.1 Å². The van der Waals surface area contributed by atoms with Crippen molar-refractivity contribution in [3.63, 3.8) is 0 Å². The van der Waals surface area contributed by atoms with Gasteiger partial charge in [0.25, 0.3) is 12.1 Å². The van der Waals surface area contributed by atoms with Gasteiger partial charge in [-0.25, -0.2) is 22.5 Å². The molecular formula is C23H20F4N3O3. The van der Waals surface area contributed by atoms with E-state index in [-0.39, 0.29) is 46.9 Å². The molecule has 0 aliphatic rings. The summed E-state index contributed by atoms with van der Waals surface area (Å²) in [5.74, 6) is -1.64. The number of ether oxygens (including phenoxy) is 1. The quantitative estimate of drug-likeness (QED) is 0.253. The lowest BCUT2D eigenvalue weighted by atomic mass is 9.95. The first-order chi connectivity index (χ1) is 15.7. The van der Waals surface area contributed by atoms with Crippen LogP contribution in [0, 0.1) is 27.8 Å². The molecule has 3 aromatic rings. The first kappa shape index (κ1) is 24.1. The molecule has 1 heterocycles. The van der Waals surface area contributed by atoms with Crippen LogP contribution in [0.3, 0.4) is 0 Å². The number of benzene rings is 2. The van der Waals surface area contributed by atoms with Crippen molar-refractivity contribution < 1.29 is 27.2 Å². The van der Waals surface area contributed by atoms with Crippen LogP contribution in [0.2, 0.25) is 0 Å². The van der Waals surface area contributed by atoms with Crippen LogP contribution in [0.25, 0.3) is 11.3 Å². The molecule has 2 aromatic carbocycles. The fourth-order valence-electron chi connectivity index (χ4n) is 3.31. The predicted octanol–water partition coefficient (Wildman–Crippen LogP) is 5.03. The zero-order valence-electron chi connectivity index (χ0n) is 17.8. The van der Waals surface area contributed by atoms with Gasteiger partial charge in [0.1, 0.15) is 11.6 Å². The molecule has 0 spiro atoms. The topological polar surface area (TPSA) is 68.5 Å². The fraction of sp³-hybridized carbons (Fsp3) is 0.261. The van der Waals surface area contributed by atoms with Crippen LogP contribution in [0.15, 0.2) is 42.5 Å². The lowest BCUT2D eigenvalue weighted by Gasteiger charge is -2.15. The Kier molecular flexibility index (Phi) is 7.59. The molecule has 0 saturated carbocycles. The molecule has 0 unspecified atom stereocenters. The number of rotatable bonds is 9. The van der Waals surface area contributed by atoms with Crippen LogP contribution in [0.1, 0.15) is 16.7 Å². The highest BCUT2D eigenvalue weighted by atomic mass is 19.3. The first-order valence-corrected chi connectivity index (χ1v) is 9.84. The molecule has 0 bridgehead atoms. The number of nitro benzene ring substituents is 1. The average molecular weight is 462 g/mol. The van der Waals surface area contributed by atoms with Gasteiger partial charge < -0.3 is 9.64 Å². The summed E-state index contributed by atoms with van der Waals surface area (Å²) in [6.45, 7) is -0.761. The van der Waals surface area contributed by atoms with Crippen molar-refractivity contribution in [1.82, 2.24) is 9.88 Å². The number of nitro groups is 1. The average Bonchev–Trinajstić information content (AvgIpc) is 2.74. The maximum absolute atomic E-state index is 14.2. The zero-order chi connectivity index (χ0) is 24.1. The predicted molar refractivity (Wildman–Crippen MR) is 113 cm³/mol. The van der Waals surface area contributed by atoms with Crippen molar-refractivity contribution in [3.8, 4) is 17.1 Å². The number of hydrogen-bond acceptors (Lipinski definition) is 5. The van der Waals surface area contributed by atoms with Crippen LogP contribution in [-0.2, 0) is 13.0 Å². The van der Waals surface area contributed by atoms with Crippen LogP contribution in [0.4, 0.5) is 23.2 Å². The van der Waals surface area contributed by atoms with E-state index in [2.05, 4.69) is 11.1 Å². The highest BCUT2D eigenvalue weighted by Crippen LogP contribution is 2.35. The van der Waals surface area contributed by atoms with Gasteiger partial charge in [-0.1, -0.05) is 12.1 Å². The highest BCUT2D eigenvalue weighted by molar-refractivity contribution is 5.74. The molecule has 3 rings (SSSR count). The lowest BCUT2D eigenvalue weighted by molar-refractivity contribution is -0.385. The van der Waals surface area contributed by atoms with Crippen LogP contribution >= 0.6 is 0 Å². The van der Waals surface area contributed by atoms with Crippen molar-refractivity contribution in [1.29, 1.82) is 0 Å². The van der Waals surface area contributed by atoms with Gasteiger partial charge >= 0.3 is 0 Å². The Morgan fingerprint density at radius 3 is 2.42 bits per heavy atom. The lowest BCUT2D eigenvalue weighted by Crippen LogP contribution is -2.14. The van der Waals surface area contributed by atoms with E-state index in [9.17, 15) is 27.7 Å². The van der Waals surface area contributed by atoms with Gasteiger partial charge in [0.05, 0.1) is 21.7 Å². The fourth-order valence-corrected chi connectivity index (χ4v) is 3.31.